The molecule has 1 aromatic rings. The molecule has 0 bridgehead atoms. The van der Waals surface area contributed by atoms with Gasteiger partial charge in [-0.25, -0.2) is 0 Å². The van der Waals surface area contributed by atoms with Gasteiger partial charge in [-0.1, -0.05) is 18.2 Å². The number of benzene rings is 1. The summed E-state index contributed by atoms with van der Waals surface area (Å²) in [5.74, 6) is -2.15. The number of hydrogen-bond acceptors (Lipinski definition) is 6. The number of amides is 1. The molecule has 0 aliphatic carbocycles. The number of para-hydroxylation sites is 1. The molecule has 2 N–H and O–H groups in total. The number of carbonyl (C=O) groups excluding carboxylic acids is 3. The van der Waals surface area contributed by atoms with Crippen LogP contribution in [0.2, 0.25) is 0 Å². The molecule has 0 aliphatic rings. The fraction of sp³-hybridized carbons (Fsp3) is 0.591. The summed E-state index contributed by atoms with van der Waals surface area (Å²) in [6.45, 7) is 10.3. The summed E-state index contributed by atoms with van der Waals surface area (Å²) in [6.07, 6.45) is 0.000438. The van der Waals surface area contributed by atoms with Crippen LogP contribution >= 0.6 is 0 Å². The van der Waals surface area contributed by atoms with Gasteiger partial charge in [-0.2, -0.15) is 0 Å². The van der Waals surface area contributed by atoms with E-state index in [1.807, 2.05) is 0 Å². The molecule has 0 aliphatic heterocycles. The summed E-state index contributed by atoms with van der Waals surface area (Å²) in [6, 6.07) is 6.92. The van der Waals surface area contributed by atoms with Gasteiger partial charge < -0.3 is 19.9 Å². The first-order valence-electron chi connectivity index (χ1n) is 9.74. The van der Waals surface area contributed by atoms with Crippen LogP contribution in [-0.2, 0) is 30.5 Å². The minimum absolute atomic E-state index is 0.0203. The molecule has 7 nitrogen and oxygen atoms in total. The number of esters is 2. The Morgan fingerprint density at radius 2 is 1.59 bits per heavy atom. The molecule has 7 heteroatoms. The van der Waals surface area contributed by atoms with Crippen LogP contribution in [0.25, 0.3) is 0 Å². The van der Waals surface area contributed by atoms with Crippen molar-refractivity contribution in [2.45, 2.75) is 78.6 Å². The molecule has 1 unspecified atom stereocenters. The van der Waals surface area contributed by atoms with E-state index in [4.69, 9.17) is 9.47 Å². The molecule has 1 rings (SSSR count). The van der Waals surface area contributed by atoms with Crippen molar-refractivity contribution in [3.05, 3.63) is 29.8 Å². The van der Waals surface area contributed by atoms with Gasteiger partial charge in [0.1, 0.15) is 11.2 Å². The van der Waals surface area contributed by atoms with Crippen molar-refractivity contribution in [2.75, 3.05) is 5.32 Å². The van der Waals surface area contributed by atoms with E-state index in [2.05, 4.69) is 5.32 Å². The number of ether oxygens (including phenoxy) is 2. The fourth-order valence-corrected chi connectivity index (χ4v) is 2.57. The Kier molecular flexibility index (Phi) is 8.82. The maximum absolute atomic E-state index is 12.5. The number of anilines is 1. The number of carbonyl (C=O) groups is 3. The average molecular weight is 408 g/mol. The Labute approximate surface area is 172 Å². The lowest BCUT2D eigenvalue weighted by atomic mass is 9.98. The van der Waals surface area contributed by atoms with E-state index in [1.165, 1.54) is 0 Å². The predicted octanol–water partition coefficient (Wildman–Crippen LogP) is 3.59. The monoisotopic (exact) mass is 407 g/mol. The van der Waals surface area contributed by atoms with E-state index in [0.717, 1.165) is 0 Å². The molecule has 162 valence electrons. The highest BCUT2D eigenvalue weighted by Crippen LogP contribution is 2.22. The van der Waals surface area contributed by atoms with Crippen molar-refractivity contribution in [1.82, 2.24) is 0 Å². The van der Waals surface area contributed by atoms with E-state index in [-0.39, 0.29) is 31.8 Å². The summed E-state index contributed by atoms with van der Waals surface area (Å²) in [5.41, 5.74) is -0.258. The highest BCUT2D eigenvalue weighted by atomic mass is 16.6. The van der Waals surface area contributed by atoms with Crippen molar-refractivity contribution >= 4 is 23.5 Å². The molecule has 0 spiro atoms. The molecule has 29 heavy (non-hydrogen) atoms. The quantitative estimate of drug-likeness (QED) is 0.639. The largest absolute Gasteiger partial charge is 0.460 e. The predicted molar refractivity (Wildman–Crippen MR) is 110 cm³/mol. The third-order valence-corrected chi connectivity index (χ3v) is 3.75. The number of aliphatic hydroxyl groups is 1. The minimum Gasteiger partial charge on any atom is -0.460 e. The van der Waals surface area contributed by atoms with E-state index >= 15 is 0 Å². The van der Waals surface area contributed by atoms with Crippen LogP contribution in [-0.4, -0.2) is 34.2 Å². The minimum atomic E-state index is -0.789. The maximum atomic E-state index is 12.5. The highest BCUT2D eigenvalue weighted by Gasteiger charge is 2.30. The van der Waals surface area contributed by atoms with Crippen LogP contribution in [0.5, 0.6) is 0 Å². The van der Waals surface area contributed by atoms with Crippen LogP contribution < -0.4 is 5.32 Å². The molecule has 0 saturated carbocycles. The summed E-state index contributed by atoms with van der Waals surface area (Å²) in [5, 5.41) is 12.1. The van der Waals surface area contributed by atoms with Crippen LogP contribution in [0.4, 0.5) is 5.69 Å². The van der Waals surface area contributed by atoms with E-state index in [1.54, 1.807) is 65.8 Å². The lowest BCUT2D eigenvalue weighted by molar-refractivity contribution is -0.167. The molecule has 0 saturated heterocycles. The Morgan fingerprint density at radius 3 is 2.14 bits per heavy atom. The Morgan fingerprint density at radius 1 is 1.00 bits per heavy atom. The van der Waals surface area contributed by atoms with E-state index < -0.39 is 29.1 Å². The van der Waals surface area contributed by atoms with Crippen LogP contribution in [0.1, 0.15) is 66.4 Å². The standard InChI is InChI=1S/C22H33NO6/c1-21(2,3)28-19(26)13-15(20(27)29-22(4,5)6)11-12-18(25)23-17-10-8-7-9-16(17)14-24/h7-10,15,24H,11-14H2,1-6H3,(H,23,25). The second-order valence-electron chi connectivity index (χ2n) is 8.92. The number of rotatable bonds is 8. The van der Waals surface area contributed by atoms with Gasteiger partial charge in [0.2, 0.25) is 5.91 Å². The van der Waals surface area contributed by atoms with Crippen molar-refractivity contribution in [2.24, 2.45) is 5.92 Å². The van der Waals surface area contributed by atoms with Gasteiger partial charge in [-0.05, 0) is 54.0 Å². The molecule has 0 radical (unpaired) electrons. The number of nitrogens with one attached hydrogen (secondary N) is 1. The van der Waals surface area contributed by atoms with Gasteiger partial charge in [-0.15, -0.1) is 0 Å². The summed E-state index contributed by atoms with van der Waals surface area (Å²) in [4.78, 5) is 37.1. The second kappa shape index (κ2) is 10.4. The van der Waals surface area contributed by atoms with Gasteiger partial charge in [0.05, 0.1) is 18.9 Å². The van der Waals surface area contributed by atoms with Gasteiger partial charge in [0, 0.05) is 17.7 Å². The molecule has 0 aromatic heterocycles. The Hall–Kier alpha value is -2.41. The lowest BCUT2D eigenvalue weighted by Crippen LogP contribution is -2.32. The summed E-state index contributed by atoms with van der Waals surface area (Å²) in [7, 11) is 0. The maximum Gasteiger partial charge on any atom is 0.310 e. The molecular formula is C22H33NO6. The topological polar surface area (TPSA) is 102 Å². The van der Waals surface area contributed by atoms with Gasteiger partial charge >= 0.3 is 11.9 Å². The first kappa shape index (κ1) is 24.6. The first-order valence-corrected chi connectivity index (χ1v) is 9.74. The van der Waals surface area contributed by atoms with E-state index in [9.17, 15) is 19.5 Å². The molecule has 1 atom stereocenters. The summed E-state index contributed by atoms with van der Waals surface area (Å²) >= 11 is 0. The van der Waals surface area contributed by atoms with Crippen LogP contribution in [0.3, 0.4) is 0 Å². The third kappa shape index (κ3) is 10.1. The molecule has 0 fully saturated rings. The van der Waals surface area contributed by atoms with Gasteiger partial charge in [0.15, 0.2) is 0 Å². The number of hydrogen-bond donors (Lipinski definition) is 2. The zero-order valence-electron chi connectivity index (χ0n) is 18.2. The molecule has 1 amide bonds. The normalized spacial score (nSPS) is 12.8. The second-order valence-corrected chi connectivity index (χ2v) is 8.92. The third-order valence-electron chi connectivity index (χ3n) is 3.75. The zero-order chi connectivity index (χ0) is 22.2. The first-order chi connectivity index (χ1) is 13.3. The van der Waals surface area contributed by atoms with Crippen molar-refractivity contribution < 1.29 is 29.0 Å². The zero-order valence-corrected chi connectivity index (χ0v) is 18.2. The van der Waals surface area contributed by atoms with Gasteiger partial charge in [0.25, 0.3) is 0 Å². The molecular weight excluding hydrogens is 374 g/mol. The van der Waals surface area contributed by atoms with Crippen LogP contribution in [0, 0.1) is 5.92 Å². The van der Waals surface area contributed by atoms with Crippen molar-refractivity contribution in [1.29, 1.82) is 0 Å². The van der Waals surface area contributed by atoms with Crippen molar-refractivity contribution in [3.8, 4) is 0 Å². The van der Waals surface area contributed by atoms with Crippen molar-refractivity contribution in [3.63, 3.8) is 0 Å². The molecule has 1 aromatic carbocycles. The Balaban J connectivity index is 2.78. The highest BCUT2D eigenvalue weighted by molar-refractivity contribution is 5.92. The fourth-order valence-electron chi connectivity index (χ4n) is 2.57. The number of aliphatic hydroxyl groups excluding tert-OH is 1. The average Bonchev–Trinajstić information content (AvgIpc) is 2.55. The van der Waals surface area contributed by atoms with Crippen LogP contribution in [0.15, 0.2) is 24.3 Å². The lowest BCUT2D eigenvalue weighted by Gasteiger charge is -2.25. The smallest absolute Gasteiger partial charge is 0.310 e. The molecule has 0 heterocycles. The van der Waals surface area contributed by atoms with E-state index in [0.29, 0.717) is 11.3 Å². The SMILES string of the molecule is CC(C)(C)OC(=O)CC(CCC(=O)Nc1ccccc1CO)C(=O)OC(C)(C)C. The van der Waals surface area contributed by atoms with Gasteiger partial charge in [-0.3, -0.25) is 14.4 Å². The Bertz CT molecular complexity index is 715. The summed E-state index contributed by atoms with van der Waals surface area (Å²) < 4.78 is 10.7.